The molecule has 0 bridgehead atoms. The van der Waals surface area contributed by atoms with E-state index in [1.165, 1.54) is 0 Å². The molecule has 0 aliphatic heterocycles. The molecular formula is C13H7Br2F3O. The van der Waals surface area contributed by atoms with Gasteiger partial charge in [0.05, 0.1) is 0 Å². The maximum absolute atomic E-state index is 13.6. The molecule has 6 heteroatoms. The molecule has 0 heterocycles. The van der Waals surface area contributed by atoms with Gasteiger partial charge < -0.3 is 5.11 Å². The molecule has 100 valence electrons. The Balaban J connectivity index is 2.49. The van der Waals surface area contributed by atoms with Crippen molar-refractivity contribution < 1.29 is 18.3 Å². The summed E-state index contributed by atoms with van der Waals surface area (Å²) in [5, 5.41) is 10.1. The van der Waals surface area contributed by atoms with Crippen LogP contribution in [0.2, 0.25) is 0 Å². The third-order valence-electron chi connectivity index (χ3n) is 2.53. The van der Waals surface area contributed by atoms with Crippen LogP contribution in [0, 0.1) is 17.5 Å². The molecule has 0 spiro atoms. The van der Waals surface area contributed by atoms with Crippen molar-refractivity contribution in [2.24, 2.45) is 0 Å². The molecule has 0 aliphatic rings. The molecule has 0 saturated heterocycles. The van der Waals surface area contributed by atoms with Gasteiger partial charge in [-0.15, -0.1) is 0 Å². The number of aliphatic hydroxyl groups is 1. The van der Waals surface area contributed by atoms with Crippen molar-refractivity contribution >= 4 is 31.9 Å². The molecule has 1 atom stereocenters. The van der Waals surface area contributed by atoms with Crippen LogP contribution in [0.4, 0.5) is 13.2 Å². The normalized spacial score (nSPS) is 12.5. The highest BCUT2D eigenvalue weighted by Crippen LogP contribution is 2.30. The summed E-state index contributed by atoms with van der Waals surface area (Å²) in [7, 11) is 0. The molecule has 2 aromatic carbocycles. The lowest BCUT2D eigenvalue weighted by molar-refractivity contribution is 0.213. The number of hydrogen-bond acceptors (Lipinski definition) is 1. The topological polar surface area (TPSA) is 20.2 Å². The van der Waals surface area contributed by atoms with E-state index in [-0.39, 0.29) is 5.56 Å². The van der Waals surface area contributed by atoms with Crippen LogP contribution in [-0.4, -0.2) is 5.11 Å². The summed E-state index contributed by atoms with van der Waals surface area (Å²) in [5.41, 5.74) is 0.0371. The first kappa shape index (κ1) is 14.6. The summed E-state index contributed by atoms with van der Waals surface area (Å²) in [6.45, 7) is 0. The van der Waals surface area contributed by atoms with Gasteiger partial charge in [-0.2, -0.15) is 0 Å². The minimum atomic E-state index is -1.39. The first-order valence-electron chi connectivity index (χ1n) is 5.17. The van der Waals surface area contributed by atoms with E-state index in [1.54, 1.807) is 18.2 Å². The van der Waals surface area contributed by atoms with Gasteiger partial charge in [-0.3, -0.25) is 0 Å². The smallest absolute Gasteiger partial charge is 0.161 e. The second-order valence-corrected chi connectivity index (χ2v) is 5.72. The molecule has 1 N–H and O–H groups in total. The summed E-state index contributed by atoms with van der Waals surface area (Å²) >= 11 is 6.46. The van der Waals surface area contributed by atoms with Crippen molar-refractivity contribution in [3.8, 4) is 0 Å². The molecule has 0 amide bonds. The van der Waals surface area contributed by atoms with Gasteiger partial charge in [-0.05, 0) is 29.8 Å². The third-order valence-corrected chi connectivity index (χ3v) is 3.45. The molecule has 1 nitrogen and oxygen atoms in total. The van der Waals surface area contributed by atoms with Crippen molar-refractivity contribution in [2.75, 3.05) is 0 Å². The fraction of sp³-hybridized carbons (Fsp3) is 0.0769. The second-order valence-electron chi connectivity index (χ2n) is 3.89. The van der Waals surface area contributed by atoms with Crippen LogP contribution in [0.3, 0.4) is 0 Å². The van der Waals surface area contributed by atoms with Gasteiger partial charge >= 0.3 is 0 Å². The second kappa shape index (κ2) is 5.64. The van der Waals surface area contributed by atoms with Crippen LogP contribution < -0.4 is 0 Å². The maximum Gasteiger partial charge on any atom is 0.161 e. The van der Waals surface area contributed by atoms with E-state index in [9.17, 15) is 18.3 Å². The van der Waals surface area contributed by atoms with Crippen LogP contribution in [-0.2, 0) is 0 Å². The van der Waals surface area contributed by atoms with Crippen molar-refractivity contribution in [3.63, 3.8) is 0 Å². The zero-order valence-electron chi connectivity index (χ0n) is 9.30. The van der Waals surface area contributed by atoms with Gasteiger partial charge in [-0.1, -0.05) is 31.9 Å². The van der Waals surface area contributed by atoms with E-state index in [1.807, 2.05) is 0 Å². The van der Waals surface area contributed by atoms with Crippen molar-refractivity contribution in [3.05, 3.63) is 67.9 Å². The van der Waals surface area contributed by atoms with E-state index in [4.69, 9.17) is 0 Å². The summed E-state index contributed by atoms with van der Waals surface area (Å²) in [4.78, 5) is 0. The predicted molar refractivity (Wildman–Crippen MR) is 72.2 cm³/mol. The Morgan fingerprint density at radius 1 is 0.789 bits per heavy atom. The van der Waals surface area contributed by atoms with Gasteiger partial charge in [0.25, 0.3) is 0 Å². The number of halogens is 5. The minimum Gasteiger partial charge on any atom is -0.384 e. The average Bonchev–Trinajstić information content (AvgIpc) is 2.31. The maximum atomic E-state index is 13.6. The van der Waals surface area contributed by atoms with Crippen LogP contribution >= 0.6 is 31.9 Å². The standard InChI is InChI=1S/C13H7Br2F3O/c14-7-1-6(2-8(15)3-7)13(19)9-4-11(17)12(18)5-10(9)16/h1-5,13,19H. The van der Waals surface area contributed by atoms with Crippen molar-refractivity contribution in [2.45, 2.75) is 6.10 Å². The summed E-state index contributed by atoms with van der Waals surface area (Å²) in [6, 6.07) is 5.94. The lowest BCUT2D eigenvalue weighted by Crippen LogP contribution is -2.05. The van der Waals surface area contributed by atoms with Crippen LogP contribution in [0.15, 0.2) is 39.3 Å². The molecule has 0 aromatic heterocycles. The van der Waals surface area contributed by atoms with Gasteiger partial charge in [0, 0.05) is 20.6 Å². The number of rotatable bonds is 2. The summed E-state index contributed by atoms with van der Waals surface area (Å²) < 4.78 is 40.9. The van der Waals surface area contributed by atoms with Gasteiger partial charge in [0.2, 0.25) is 0 Å². The van der Waals surface area contributed by atoms with Crippen molar-refractivity contribution in [1.29, 1.82) is 0 Å². The quantitative estimate of drug-likeness (QED) is 0.730. The Bertz CT molecular complexity index is 611. The van der Waals surface area contributed by atoms with Gasteiger partial charge in [0.15, 0.2) is 11.6 Å². The fourth-order valence-electron chi connectivity index (χ4n) is 1.66. The Morgan fingerprint density at radius 2 is 1.32 bits per heavy atom. The third kappa shape index (κ3) is 3.19. The lowest BCUT2D eigenvalue weighted by atomic mass is 10.0. The molecule has 0 fully saturated rings. The molecule has 2 rings (SSSR count). The minimum absolute atomic E-state index is 0.316. The van der Waals surface area contributed by atoms with E-state index >= 15 is 0 Å². The molecule has 2 aromatic rings. The summed E-state index contributed by atoms with van der Waals surface area (Å²) in [6.07, 6.45) is -1.39. The monoisotopic (exact) mass is 394 g/mol. The Hall–Kier alpha value is -0.850. The van der Waals surface area contributed by atoms with Crippen LogP contribution in [0.5, 0.6) is 0 Å². The van der Waals surface area contributed by atoms with Crippen LogP contribution in [0.1, 0.15) is 17.2 Å². The predicted octanol–water partition coefficient (Wildman–Crippen LogP) is 4.71. The van der Waals surface area contributed by atoms with E-state index in [0.29, 0.717) is 26.6 Å². The number of hydrogen-bond donors (Lipinski definition) is 1. The highest BCUT2D eigenvalue weighted by Gasteiger charge is 2.19. The van der Waals surface area contributed by atoms with Crippen molar-refractivity contribution in [1.82, 2.24) is 0 Å². The molecule has 0 aliphatic carbocycles. The van der Waals surface area contributed by atoms with E-state index in [0.717, 1.165) is 0 Å². The van der Waals surface area contributed by atoms with E-state index in [2.05, 4.69) is 31.9 Å². The molecule has 0 radical (unpaired) electrons. The summed E-state index contributed by atoms with van der Waals surface area (Å²) in [5.74, 6) is -3.49. The number of aliphatic hydroxyl groups excluding tert-OH is 1. The molecule has 19 heavy (non-hydrogen) atoms. The highest BCUT2D eigenvalue weighted by molar-refractivity contribution is 9.11. The van der Waals surface area contributed by atoms with Gasteiger partial charge in [-0.25, -0.2) is 13.2 Å². The lowest BCUT2D eigenvalue weighted by Gasteiger charge is -2.13. The molecule has 0 saturated carbocycles. The zero-order valence-corrected chi connectivity index (χ0v) is 12.5. The Labute approximate surface area is 124 Å². The molecular weight excluding hydrogens is 389 g/mol. The SMILES string of the molecule is OC(c1cc(Br)cc(Br)c1)c1cc(F)c(F)cc1F. The van der Waals surface area contributed by atoms with Gasteiger partial charge in [0.1, 0.15) is 11.9 Å². The average molecular weight is 396 g/mol. The molecule has 1 unspecified atom stereocenters. The Morgan fingerprint density at radius 3 is 1.89 bits per heavy atom. The van der Waals surface area contributed by atoms with Crippen LogP contribution in [0.25, 0.3) is 0 Å². The number of benzene rings is 2. The highest BCUT2D eigenvalue weighted by atomic mass is 79.9. The first-order chi connectivity index (χ1) is 8.88. The first-order valence-corrected chi connectivity index (χ1v) is 6.75. The Kier molecular flexibility index (Phi) is 4.32. The van der Waals surface area contributed by atoms with E-state index < -0.39 is 23.6 Å². The largest absolute Gasteiger partial charge is 0.384 e. The fourth-order valence-corrected chi connectivity index (χ4v) is 2.99. The zero-order chi connectivity index (χ0) is 14.2.